The van der Waals surface area contributed by atoms with Gasteiger partial charge in [-0.25, -0.2) is 0 Å². The van der Waals surface area contributed by atoms with Gasteiger partial charge in [-0.05, 0) is 40.1 Å². The van der Waals surface area contributed by atoms with Gasteiger partial charge < -0.3 is 5.32 Å². The van der Waals surface area contributed by atoms with Crippen molar-refractivity contribution in [1.29, 1.82) is 0 Å². The number of rotatable bonds is 4. The van der Waals surface area contributed by atoms with Gasteiger partial charge in [0.15, 0.2) is 0 Å². The van der Waals surface area contributed by atoms with Crippen molar-refractivity contribution >= 4 is 17.0 Å². The molecule has 1 aromatic carbocycles. The zero-order valence-electron chi connectivity index (χ0n) is 13.2. The summed E-state index contributed by atoms with van der Waals surface area (Å²) in [5.74, 6) is 0. The Hall–Kier alpha value is -2.07. The summed E-state index contributed by atoms with van der Waals surface area (Å²) in [6, 6.07) is 10.7. The molecule has 0 fully saturated rings. The number of hydrogen-bond donors (Lipinski definition) is 2. The lowest BCUT2D eigenvalue weighted by Crippen LogP contribution is -2.15. The van der Waals surface area contributed by atoms with Crippen LogP contribution in [-0.2, 0) is 12.0 Å². The third-order valence-corrected chi connectivity index (χ3v) is 4.35. The number of benzene rings is 1. The minimum atomic E-state index is 0.0754. The highest BCUT2D eigenvalue weighted by Crippen LogP contribution is 2.26. The van der Waals surface area contributed by atoms with E-state index < -0.39 is 0 Å². The molecule has 0 aliphatic carbocycles. The second kappa shape index (κ2) is 5.97. The lowest BCUT2D eigenvalue weighted by atomic mass is 9.89. The molecular weight excluding hydrogens is 290 g/mol. The highest BCUT2D eigenvalue weighted by molar-refractivity contribution is 7.08. The van der Waals surface area contributed by atoms with Crippen LogP contribution in [0.4, 0.5) is 5.69 Å². The molecule has 22 heavy (non-hydrogen) atoms. The molecule has 2 N–H and O–H groups in total. The van der Waals surface area contributed by atoms with Crippen LogP contribution < -0.4 is 5.32 Å². The summed E-state index contributed by atoms with van der Waals surface area (Å²) < 4.78 is 0. The zero-order chi connectivity index (χ0) is 15.6. The van der Waals surface area contributed by atoms with E-state index in [4.69, 9.17) is 0 Å². The fourth-order valence-electron chi connectivity index (χ4n) is 2.53. The quantitative estimate of drug-likeness (QED) is 0.708. The molecule has 0 saturated heterocycles. The van der Waals surface area contributed by atoms with E-state index in [0.717, 1.165) is 12.2 Å². The third kappa shape index (κ3) is 3.22. The van der Waals surface area contributed by atoms with Gasteiger partial charge in [-0.3, -0.25) is 5.10 Å². The Kier molecular flexibility index (Phi) is 4.03. The molecule has 4 heteroatoms. The van der Waals surface area contributed by atoms with Gasteiger partial charge in [-0.2, -0.15) is 16.4 Å². The molecule has 2 aromatic heterocycles. The average molecular weight is 311 g/mol. The normalized spacial score (nSPS) is 11.6. The first kappa shape index (κ1) is 14.9. The summed E-state index contributed by atoms with van der Waals surface area (Å²) in [6.45, 7) is 7.36. The van der Waals surface area contributed by atoms with Crippen molar-refractivity contribution in [2.75, 3.05) is 5.32 Å². The van der Waals surface area contributed by atoms with Gasteiger partial charge in [0.2, 0.25) is 0 Å². The number of thiophene rings is 1. The Morgan fingerprint density at radius 2 is 2.05 bits per heavy atom. The smallest absolute Gasteiger partial charge is 0.0540 e. The SMILES string of the molecule is CC(C)(C)c1[nH]ncc1CNc1cccc(-c2ccsc2)c1. The number of anilines is 1. The summed E-state index contributed by atoms with van der Waals surface area (Å²) in [5, 5.41) is 15.1. The van der Waals surface area contributed by atoms with Gasteiger partial charge in [-0.1, -0.05) is 32.9 Å². The molecule has 3 rings (SSSR count). The fraction of sp³-hybridized carbons (Fsp3) is 0.278. The predicted molar refractivity (Wildman–Crippen MR) is 94.4 cm³/mol. The van der Waals surface area contributed by atoms with Gasteiger partial charge in [-0.15, -0.1) is 0 Å². The zero-order valence-corrected chi connectivity index (χ0v) is 14.0. The van der Waals surface area contributed by atoms with E-state index in [1.165, 1.54) is 22.4 Å². The maximum Gasteiger partial charge on any atom is 0.0540 e. The Labute approximate surface area is 135 Å². The van der Waals surface area contributed by atoms with Crippen LogP contribution in [0.2, 0.25) is 0 Å². The van der Waals surface area contributed by atoms with Crippen LogP contribution in [0.3, 0.4) is 0 Å². The Bertz CT molecular complexity index is 736. The first-order valence-corrected chi connectivity index (χ1v) is 8.37. The van der Waals surface area contributed by atoms with E-state index in [2.05, 4.69) is 77.4 Å². The molecular formula is C18H21N3S. The molecule has 0 spiro atoms. The summed E-state index contributed by atoms with van der Waals surface area (Å²) >= 11 is 1.72. The van der Waals surface area contributed by atoms with E-state index in [0.29, 0.717) is 0 Å². The van der Waals surface area contributed by atoms with Gasteiger partial charge in [0.1, 0.15) is 0 Å². The first-order valence-electron chi connectivity index (χ1n) is 7.43. The van der Waals surface area contributed by atoms with Crippen molar-refractivity contribution in [3.8, 4) is 11.1 Å². The van der Waals surface area contributed by atoms with Gasteiger partial charge in [0, 0.05) is 28.9 Å². The Balaban J connectivity index is 1.75. The second-order valence-electron chi connectivity index (χ2n) is 6.47. The van der Waals surface area contributed by atoms with Crippen molar-refractivity contribution in [2.45, 2.75) is 32.7 Å². The standard InChI is InChI=1S/C18H21N3S/c1-18(2,3)17-15(11-20-21-17)10-19-16-6-4-5-13(9-16)14-7-8-22-12-14/h4-9,11-12,19H,10H2,1-3H3,(H,20,21). The predicted octanol–water partition coefficient (Wildman–Crippen LogP) is 5.05. The van der Waals surface area contributed by atoms with E-state index in [-0.39, 0.29) is 5.41 Å². The molecule has 0 atom stereocenters. The van der Waals surface area contributed by atoms with E-state index >= 15 is 0 Å². The Morgan fingerprint density at radius 1 is 1.18 bits per heavy atom. The van der Waals surface area contributed by atoms with Gasteiger partial charge in [0.25, 0.3) is 0 Å². The van der Waals surface area contributed by atoms with E-state index in [1.807, 2.05) is 6.20 Å². The number of nitrogens with zero attached hydrogens (tertiary/aromatic N) is 1. The second-order valence-corrected chi connectivity index (χ2v) is 7.25. The van der Waals surface area contributed by atoms with Crippen molar-refractivity contribution < 1.29 is 0 Å². The van der Waals surface area contributed by atoms with Crippen LogP contribution >= 0.6 is 11.3 Å². The fourth-order valence-corrected chi connectivity index (χ4v) is 3.19. The van der Waals surface area contributed by atoms with E-state index in [1.54, 1.807) is 11.3 Å². The number of aromatic nitrogens is 2. The van der Waals surface area contributed by atoms with Crippen LogP contribution in [0.5, 0.6) is 0 Å². The number of H-pyrrole nitrogens is 1. The third-order valence-electron chi connectivity index (χ3n) is 3.67. The molecule has 3 aromatic rings. The first-order chi connectivity index (χ1) is 10.5. The largest absolute Gasteiger partial charge is 0.381 e. The molecule has 0 radical (unpaired) electrons. The lowest BCUT2D eigenvalue weighted by molar-refractivity contribution is 0.561. The molecule has 0 aliphatic rings. The molecule has 2 heterocycles. The van der Waals surface area contributed by atoms with Crippen molar-refractivity contribution in [1.82, 2.24) is 10.2 Å². The monoisotopic (exact) mass is 311 g/mol. The Morgan fingerprint density at radius 3 is 2.77 bits per heavy atom. The van der Waals surface area contributed by atoms with Gasteiger partial charge in [0.05, 0.1) is 6.20 Å². The molecule has 114 valence electrons. The summed E-state index contributed by atoms with van der Waals surface area (Å²) in [7, 11) is 0. The number of aromatic amines is 1. The van der Waals surface area contributed by atoms with Crippen molar-refractivity contribution in [2.24, 2.45) is 0 Å². The summed E-state index contributed by atoms with van der Waals surface area (Å²) in [6.07, 6.45) is 1.91. The molecule has 0 unspecified atom stereocenters. The minimum Gasteiger partial charge on any atom is -0.381 e. The van der Waals surface area contributed by atoms with Crippen molar-refractivity contribution in [3.63, 3.8) is 0 Å². The topological polar surface area (TPSA) is 40.7 Å². The summed E-state index contributed by atoms with van der Waals surface area (Å²) in [5.41, 5.74) is 6.13. The molecule has 0 amide bonds. The minimum absolute atomic E-state index is 0.0754. The maximum atomic E-state index is 4.20. The van der Waals surface area contributed by atoms with Crippen molar-refractivity contribution in [3.05, 3.63) is 58.5 Å². The maximum absolute atomic E-state index is 4.20. The van der Waals surface area contributed by atoms with Gasteiger partial charge >= 0.3 is 0 Å². The molecule has 0 bridgehead atoms. The highest BCUT2D eigenvalue weighted by Gasteiger charge is 2.19. The average Bonchev–Trinajstić information content (AvgIpc) is 3.16. The molecule has 0 aliphatic heterocycles. The van der Waals surface area contributed by atoms with Crippen LogP contribution in [0.15, 0.2) is 47.3 Å². The molecule has 0 saturated carbocycles. The van der Waals surface area contributed by atoms with Crippen LogP contribution in [-0.4, -0.2) is 10.2 Å². The van der Waals surface area contributed by atoms with Crippen LogP contribution in [0, 0.1) is 0 Å². The molecule has 3 nitrogen and oxygen atoms in total. The van der Waals surface area contributed by atoms with Crippen LogP contribution in [0.1, 0.15) is 32.0 Å². The number of nitrogens with one attached hydrogen (secondary N) is 2. The summed E-state index contributed by atoms with van der Waals surface area (Å²) in [4.78, 5) is 0. The lowest BCUT2D eigenvalue weighted by Gasteiger charge is -2.18. The highest BCUT2D eigenvalue weighted by atomic mass is 32.1. The van der Waals surface area contributed by atoms with E-state index in [9.17, 15) is 0 Å². The number of hydrogen-bond acceptors (Lipinski definition) is 3. The van der Waals surface area contributed by atoms with Crippen LogP contribution in [0.25, 0.3) is 11.1 Å².